The molecule has 1 N–H and O–H groups in total. The number of rotatable bonds is 3. The van der Waals surface area contributed by atoms with Crippen LogP contribution in [0, 0.1) is 5.41 Å². The van der Waals surface area contributed by atoms with E-state index in [0.717, 1.165) is 37.4 Å². The van der Waals surface area contributed by atoms with Gasteiger partial charge in [-0.05, 0) is 12.8 Å². The standard InChI is InChI=1S/C9H14O3S/c1-7(10)13-6-9(8(11)12)4-2-3-5-9/h2-6H2,1H3,(H,11,12). The van der Waals surface area contributed by atoms with E-state index in [9.17, 15) is 9.59 Å². The molecule has 0 aromatic heterocycles. The van der Waals surface area contributed by atoms with Crippen molar-refractivity contribution in [2.45, 2.75) is 32.6 Å². The number of thioether (sulfide) groups is 1. The third-order valence-corrected chi connectivity index (χ3v) is 3.67. The van der Waals surface area contributed by atoms with Gasteiger partial charge in [0.25, 0.3) is 0 Å². The summed E-state index contributed by atoms with van der Waals surface area (Å²) >= 11 is 1.14. The fraction of sp³-hybridized carbons (Fsp3) is 0.778. The summed E-state index contributed by atoms with van der Waals surface area (Å²) in [4.78, 5) is 21.7. The van der Waals surface area contributed by atoms with E-state index in [4.69, 9.17) is 5.11 Å². The molecular formula is C9H14O3S. The van der Waals surface area contributed by atoms with Gasteiger partial charge < -0.3 is 5.11 Å². The number of carboxylic acids is 1. The van der Waals surface area contributed by atoms with Gasteiger partial charge in [0.15, 0.2) is 5.12 Å². The molecule has 1 rings (SSSR count). The summed E-state index contributed by atoms with van der Waals surface area (Å²) in [6.07, 6.45) is 3.40. The van der Waals surface area contributed by atoms with Gasteiger partial charge in [-0.3, -0.25) is 9.59 Å². The maximum absolute atomic E-state index is 11.0. The Hall–Kier alpha value is -0.510. The second-order valence-electron chi connectivity index (χ2n) is 3.57. The van der Waals surface area contributed by atoms with Crippen molar-refractivity contribution in [2.24, 2.45) is 5.41 Å². The third kappa shape index (κ3) is 2.46. The highest BCUT2D eigenvalue weighted by atomic mass is 32.2. The molecule has 1 fully saturated rings. The molecule has 0 amide bonds. The topological polar surface area (TPSA) is 54.4 Å². The first-order chi connectivity index (χ1) is 6.07. The van der Waals surface area contributed by atoms with Crippen molar-refractivity contribution in [1.29, 1.82) is 0 Å². The zero-order valence-corrected chi connectivity index (χ0v) is 8.52. The van der Waals surface area contributed by atoms with Crippen LogP contribution in [0.4, 0.5) is 0 Å². The van der Waals surface area contributed by atoms with Crippen LogP contribution in [0.1, 0.15) is 32.6 Å². The van der Waals surface area contributed by atoms with Gasteiger partial charge in [0.05, 0.1) is 5.41 Å². The molecule has 13 heavy (non-hydrogen) atoms. The number of carbonyl (C=O) groups is 2. The lowest BCUT2D eigenvalue weighted by atomic mass is 9.89. The number of hydrogen-bond acceptors (Lipinski definition) is 3. The summed E-state index contributed by atoms with van der Waals surface area (Å²) in [7, 11) is 0. The molecule has 4 heteroatoms. The molecule has 0 radical (unpaired) electrons. The Morgan fingerprint density at radius 1 is 1.38 bits per heavy atom. The Bertz CT molecular complexity index is 219. The molecule has 3 nitrogen and oxygen atoms in total. The van der Waals surface area contributed by atoms with Crippen LogP contribution in [0.2, 0.25) is 0 Å². The number of carbonyl (C=O) groups excluding carboxylic acids is 1. The SMILES string of the molecule is CC(=O)SCC1(C(=O)O)CCCC1. The van der Waals surface area contributed by atoms with E-state index in [0.29, 0.717) is 5.75 Å². The van der Waals surface area contributed by atoms with E-state index in [1.54, 1.807) is 0 Å². The van der Waals surface area contributed by atoms with Crippen molar-refractivity contribution in [1.82, 2.24) is 0 Å². The van der Waals surface area contributed by atoms with Gasteiger partial charge in [0.1, 0.15) is 0 Å². The summed E-state index contributed by atoms with van der Waals surface area (Å²) < 4.78 is 0. The molecule has 0 saturated heterocycles. The summed E-state index contributed by atoms with van der Waals surface area (Å²) in [5, 5.41) is 9.06. The van der Waals surface area contributed by atoms with Crippen LogP contribution in [0.3, 0.4) is 0 Å². The molecule has 1 saturated carbocycles. The molecule has 0 aromatic carbocycles. The van der Waals surface area contributed by atoms with Crippen LogP contribution >= 0.6 is 11.8 Å². The maximum Gasteiger partial charge on any atom is 0.310 e. The zero-order chi connectivity index (χ0) is 9.90. The number of aliphatic carboxylic acids is 1. The Balaban J connectivity index is 2.57. The predicted octanol–water partition coefficient (Wildman–Crippen LogP) is 1.91. The molecule has 1 aliphatic rings. The molecule has 0 bridgehead atoms. The minimum atomic E-state index is -0.737. The molecule has 74 valence electrons. The lowest BCUT2D eigenvalue weighted by molar-refractivity contribution is -0.147. The largest absolute Gasteiger partial charge is 0.481 e. The van der Waals surface area contributed by atoms with Gasteiger partial charge >= 0.3 is 5.97 Å². The van der Waals surface area contributed by atoms with Crippen LogP contribution in [-0.4, -0.2) is 21.9 Å². The summed E-state index contributed by atoms with van der Waals surface area (Å²) in [6.45, 7) is 1.48. The molecule has 0 aliphatic heterocycles. The van der Waals surface area contributed by atoms with E-state index in [2.05, 4.69) is 0 Å². The highest BCUT2D eigenvalue weighted by Gasteiger charge is 2.41. The van der Waals surface area contributed by atoms with Crippen LogP contribution in [0.15, 0.2) is 0 Å². The third-order valence-electron chi connectivity index (χ3n) is 2.57. The van der Waals surface area contributed by atoms with Crippen LogP contribution in [-0.2, 0) is 9.59 Å². The predicted molar refractivity (Wildman–Crippen MR) is 51.7 cm³/mol. The summed E-state index contributed by atoms with van der Waals surface area (Å²) in [5.74, 6) is -0.295. The first-order valence-corrected chi connectivity index (χ1v) is 5.42. The molecule has 0 aromatic rings. The second kappa shape index (κ2) is 4.13. The highest BCUT2D eigenvalue weighted by molar-refractivity contribution is 8.13. The molecular weight excluding hydrogens is 188 g/mol. The molecule has 0 heterocycles. The van der Waals surface area contributed by atoms with Gasteiger partial charge in [0, 0.05) is 12.7 Å². The normalized spacial score (nSPS) is 20.1. The lowest BCUT2D eigenvalue weighted by Gasteiger charge is -2.22. The van der Waals surface area contributed by atoms with Gasteiger partial charge in [-0.1, -0.05) is 24.6 Å². The highest BCUT2D eigenvalue weighted by Crippen LogP contribution is 2.40. The van der Waals surface area contributed by atoms with Crippen LogP contribution in [0.5, 0.6) is 0 Å². The van der Waals surface area contributed by atoms with E-state index in [1.165, 1.54) is 6.92 Å². The Morgan fingerprint density at radius 2 is 1.92 bits per heavy atom. The van der Waals surface area contributed by atoms with Crippen molar-refractivity contribution in [3.8, 4) is 0 Å². The number of carboxylic acid groups (broad SMARTS) is 1. The molecule has 0 unspecified atom stereocenters. The molecule has 1 aliphatic carbocycles. The summed E-state index contributed by atoms with van der Waals surface area (Å²) in [6, 6.07) is 0. The van der Waals surface area contributed by atoms with Crippen LogP contribution < -0.4 is 0 Å². The van der Waals surface area contributed by atoms with Crippen molar-refractivity contribution in [3.63, 3.8) is 0 Å². The minimum Gasteiger partial charge on any atom is -0.481 e. The van der Waals surface area contributed by atoms with Gasteiger partial charge in [0.2, 0.25) is 0 Å². The van der Waals surface area contributed by atoms with Gasteiger partial charge in [-0.25, -0.2) is 0 Å². The van der Waals surface area contributed by atoms with E-state index in [1.807, 2.05) is 0 Å². The average Bonchev–Trinajstić information content (AvgIpc) is 2.50. The monoisotopic (exact) mass is 202 g/mol. The molecule has 0 spiro atoms. The fourth-order valence-electron chi connectivity index (χ4n) is 1.71. The quantitative estimate of drug-likeness (QED) is 0.759. The van der Waals surface area contributed by atoms with E-state index in [-0.39, 0.29) is 5.12 Å². The first-order valence-electron chi connectivity index (χ1n) is 4.44. The van der Waals surface area contributed by atoms with Crippen molar-refractivity contribution >= 4 is 22.8 Å². The molecule has 0 atom stereocenters. The smallest absolute Gasteiger partial charge is 0.310 e. The fourth-order valence-corrected chi connectivity index (χ4v) is 2.60. The van der Waals surface area contributed by atoms with E-state index >= 15 is 0 Å². The van der Waals surface area contributed by atoms with Crippen molar-refractivity contribution in [3.05, 3.63) is 0 Å². The lowest BCUT2D eigenvalue weighted by Crippen LogP contribution is -2.30. The second-order valence-corrected chi connectivity index (χ2v) is 4.73. The van der Waals surface area contributed by atoms with Gasteiger partial charge in [-0.15, -0.1) is 0 Å². The van der Waals surface area contributed by atoms with Crippen LogP contribution in [0.25, 0.3) is 0 Å². The van der Waals surface area contributed by atoms with Crippen molar-refractivity contribution < 1.29 is 14.7 Å². The van der Waals surface area contributed by atoms with Crippen molar-refractivity contribution in [2.75, 3.05) is 5.75 Å². The first kappa shape index (κ1) is 10.6. The summed E-state index contributed by atoms with van der Waals surface area (Å²) in [5.41, 5.74) is -0.615. The Labute approximate surface area is 81.9 Å². The minimum absolute atomic E-state index is 0.00697. The number of hydrogen-bond donors (Lipinski definition) is 1. The average molecular weight is 202 g/mol. The Kier molecular flexibility index (Phi) is 3.36. The van der Waals surface area contributed by atoms with E-state index < -0.39 is 11.4 Å². The Morgan fingerprint density at radius 3 is 2.31 bits per heavy atom. The maximum atomic E-state index is 11.0. The zero-order valence-electron chi connectivity index (χ0n) is 7.71. The van der Waals surface area contributed by atoms with Gasteiger partial charge in [-0.2, -0.15) is 0 Å².